The van der Waals surface area contributed by atoms with Crippen LogP contribution in [0.15, 0.2) is 9.98 Å². The zero-order valence-corrected chi connectivity index (χ0v) is 15.2. The average molecular weight is 412 g/mol. The normalized spacial score (nSPS) is 25.2. The second-order valence-corrected chi connectivity index (χ2v) is 6.24. The van der Waals surface area contributed by atoms with E-state index in [-0.39, 0.29) is 17.1 Å². The second kappa shape index (κ2) is 14.1. The largest absolute Gasteiger partial charge is 2.00 e. The topological polar surface area (TPSA) is 142 Å². The molecule has 0 aromatic carbocycles. The first-order valence-electron chi connectivity index (χ1n) is 7.91. The van der Waals surface area contributed by atoms with Crippen molar-refractivity contribution in [1.29, 1.82) is 0 Å². The Morgan fingerprint density at radius 2 is 1.25 bits per heavy atom. The van der Waals surface area contributed by atoms with Crippen molar-refractivity contribution in [2.45, 2.75) is 50.6 Å². The molecule has 0 spiro atoms. The Labute approximate surface area is 156 Å². The first-order valence-corrected chi connectivity index (χ1v) is 9.18. The van der Waals surface area contributed by atoms with Gasteiger partial charge in [0.15, 0.2) is 0 Å². The summed E-state index contributed by atoms with van der Waals surface area (Å²) in [5, 5.41) is 9.04. The van der Waals surface area contributed by atoms with Gasteiger partial charge >= 0.3 is 17.1 Å². The van der Waals surface area contributed by atoms with E-state index in [1.165, 1.54) is 38.5 Å². The van der Waals surface area contributed by atoms with Crippen LogP contribution >= 0.6 is 0 Å². The minimum Gasteiger partial charge on any atom is -0.655 e. The number of aliphatic imine (C=N–C) groups is 2. The number of hydrogen-bond donors (Lipinski definition) is 1. The molecule has 2 saturated heterocycles. The van der Waals surface area contributed by atoms with Crippen molar-refractivity contribution >= 4 is 12.4 Å². The molecule has 2 rings (SSSR count). The molecule has 2 heterocycles. The Morgan fingerprint density at radius 3 is 1.54 bits per heavy atom. The molecule has 24 heavy (non-hydrogen) atoms. The fourth-order valence-corrected chi connectivity index (χ4v) is 2.38. The van der Waals surface area contributed by atoms with Gasteiger partial charge in [0.2, 0.25) is 0 Å². The molecule has 0 bridgehead atoms. The fourth-order valence-electron chi connectivity index (χ4n) is 2.38. The van der Waals surface area contributed by atoms with Gasteiger partial charge in [-0.25, -0.2) is 0 Å². The average Bonchev–Trinajstić information content (AvgIpc) is 2.51. The summed E-state index contributed by atoms with van der Waals surface area (Å²) in [5.74, 6) is 0. The van der Waals surface area contributed by atoms with Gasteiger partial charge in [0.25, 0.3) is 0 Å². The summed E-state index contributed by atoms with van der Waals surface area (Å²) in [4.78, 5) is 8.83. The van der Waals surface area contributed by atoms with E-state index in [1.54, 1.807) is 0 Å². The van der Waals surface area contributed by atoms with Crippen molar-refractivity contribution in [3.63, 3.8) is 0 Å². The van der Waals surface area contributed by atoms with Crippen molar-refractivity contribution in [3.05, 3.63) is 10.6 Å². The van der Waals surface area contributed by atoms with Crippen LogP contribution < -0.4 is 14.0 Å². The zero-order chi connectivity index (χ0) is 17.0. The van der Waals surface area contributed by atoms with Crippen LogP contribution in [0.2, 0.25) is 0 Å². The maximum atomic E-state index is 8.60. The summed E-state index contributed by atoms with van der Waals surface area (Å²) in [7, 11) is -4.69. The Bertz CT molecular complexity index is 323. The van der Waals surface area contributed by atoms with E-state index < -0.39 is 10.2 Å². The van der Waals surface area contributed by atoms with Crippen LogP contribution in [-0.2, 0) is 17.1 Å². The molecule has 0 aromatic rings. The van der Waals surface area contributed by atoms with Crippen LogP contribution in [0.1, 0.15) is 38.5 Å². The Hall–Kier alpha value is -0.0905. The molecule has 143 valence electrons. The number of halogens is 1. The van der Waals surface area contributed by atoms with Crippen LogP contribution in [0.4, 0.5) is 0 Å². The molecule has 0 aliphatic carbocycles. The first kappa shape index (κ1) is 23.9. The molecule has 2 aliphatic heterocycles. The van der Waals surface area contributed by atoms with Gasteiger partial charge in [0, 0.05) is 0 Å². The maximum absolute atomic E-state index is 8.60. The van der Waals surface area contributed by atoms with Gasteiger partial charge in [0.05, 0.1) is 28.0 Å². The smallest absolute Gasteiger partial charge is 0.655 e. The van der Waals surface area contributed by atoms with Crippen LogP contribution in [0, 0.1) is 10.2 Å². The SMILES string of the molecule is C(=NCCN=CC1CCCC[N-]1)C1CCCC[N-]1.[Cu+2].[O-][Cl+3]([O-])([O-])O. The van der Waals surface area contributed by atoms with E-state index in [9.17, 15) is 0 Å². The predicted octanol–water partition coefficient (Wildman–Crippen LogP) is -1.15. The van der Waals surface area contributed by atoms with Gasteiger partial charge in [-0.15, -0.1) is 13.1 Å². The Kier molecular flexibility index (Phi) is 14.1. The first-order chi connectivity index (χ1) is 10.9. The number of piperidine rings is 2. The van der Waals surface area contributed by atoms with Gasteiger partial charge in [-0.2, -0.15) is 14.0 Å². The molecule has 0 saturated carbocycles. The van der Waals surface area contributed by atoms with Crippen molar-refractivity contribution in [2.24, 2.45) is 9.98 Å². The van der Waals surface area contributed by atoms with E-state index in [1.807, 2.05) is 12.4 Å². The number of rotatable bonds is 5. The fraction of sp³-hybridized carbons (Fsp3) is 0.857. The third-order valence-electron chi connectivity index (χ3n) is 3.46. The number of nitrogens with zero attached hydrogens (tertiary/aromatic N) is 4. The summed E-state index contributed by atoms with van der Waals surface area (Å²) >= 11 is 0. The van der Waals surface area contributed by atoms with Crippen LogP contribution in [0.3, 0.4) is 0 Å². The third kappa shape index (κ3) is 15.4. The van der Waals surface area contributed by atoms with E-state index in [4.69, 9.17) is 18.6 Å². The van der Waals surface area contributed by atoms with Gasteiger partial charge in [-0.1, -0.05) is 50.6 Å². The molecule has 1 N–H and O–H groups in total. The summed E-state index contributed by atoms with van der Waals surface area (Å²) in [5.41, 5.74) is 0. The summed E-state index contributed by atoms with van der Waals surface area (Å²) in [6.07, 6.45) is 11.5. The molecule has 1 radical (unpaired) electrons. The van der Waals surface area contributed by atoms with Gasteiger partial charge in [0.1, 0.15) is 0 Å². The maximum Gasteiger partial charge on any atom is 2.00 e. The quantitative estimate of drug-likeness (QED) is 0.346. The monoisotopic (exact) mass is 411 g/mol. The number of hydrogen-bond acceptors (Lipinski definition) is 6. The second-order valence-electron chi connectivity index (χ2n) is 5.45. The molecular formula is C14H25ClCuN4O4. The van der Waals surface area contributed by atoms with Crippen LogP contribution in [-0.4, -0.2) is 55.4 Å². The molecule has 10 heteroatoms. The molecule has 0 aromatic heterocycles. The minimum atomic E-state index is -4.69. The van der Waals surface area contributed by atoms with E-state index in [0.717, 1.165) is 26.2 Å². The van der Waals surface area contributed by atoms with Crippen molar-refractivity contribution < 1.29 is 45.9 Å². The van der Waals surface area contributed by atoms with E-state index in [0.29, 0.717) is 12.1 Å². The minimum absolute atomic E-state index is 0. The summed E-state index contributed by atoms with van der Waals surface area (Å²) in [6.45, 7) is 3.60. The van der Waals surface area contributed by atoms with E-state index in [2.05, 4.69) is 20.6 Å². The van der Waals surface area contributed by atoms with Crippen molar-refractivity contribution in [3.8, 4) is 0 Å². The standard InChI is InChI=1S/C14H24N4.ClHO4.Cu/c1-3-7-17-13(5-1)11-15-9-10-16-12-14-6-2-4-8-18-14;2-1(3,4)5;/h11-14H,1-10H2;(H,2,3,4,5);/q-2;;+2. The Morgan fingerprint density at radius 1 is 0.875 bits per heavy atom. The summed E-state index contributed by atoms with van der Waals surface area (Å²) in [6, 6.07) is 0.743. The van der Waals surface area contributed by atoms with Gasteiger partial charge < -0.3 is 10.6 Å². The van der Waals surface area contributed by atoms with E-state index >= 15 is 0 Å². The predicted molar refractivity (Wildman–Crippen MR) is 80.7 cm³/mol. The van der Waals surface area contributed by atoms with Crippen molar-refractivity contribution in [1.82, 2.24) is 0 Å². The molecule has 2 atom stereocenters. The summed E-state index contributed by atoms with van der Waals surface area (Å²) < 4.78 is 32.7. The molecule has 8 nitrogen and oxygen atoms in total. The van der Waals surface area contributed by atoms with Crippen LogP contribution in [0.25, 0.3) is 10.6 Å². The van der Waals surface area contributed by atoms with Crippen LogP contribution in [0.5, 0.6) is 0 Å². The zero-order valence-electron chi connectivity index (χ0n) is 13.5. The van der Waals surface area contributed by atoms with Gasteiger partial charge in [-0.05, 0) is 12.4 Å². The molecule has 0 amide bonds. The molecule has 2 aliphatic rings. The Balaban J connectivity index is 0.000000777. The third-order valence-corrected chi connectivity index (χ3v) is 3.46. The molecule has 2 unspecified atom stereocenters. The van der Waals surface area contributed by atoms with Gasteiger partial charge in [-0.3, -0.25) is 9.98 Å². The molecular weight excluding hydrogens is 387 g/mol. The molecule has 2 fully saturated rings. The van der Waals surface area contributed by atoms with Crippen molar-refractivity contribution in [2.75, 3.05) is 26.2 Å².